The lowest BCUT2D eigenvalue weighted by molar-refractivity contribution is -0.147. The number of pyridine rings is 1. The molecule has 8 rings (SSSR count). The van der Waals surface area contributed by atoms with Crippen LogP contribution in [0, 0.1) is 0 Å². The normalized spacial score (nSPS) is 24.2. The van der Waals surface area contributed by atoms with Gasteiger partial charge in [-0.25, -0.2) is 9.48 Å². The van der Waals surface area contributed by atoms with Gasteiger partial charge in [0.2, 0.25) is 17.7 Å². The smallest absolute Gasteiger partial charge is 0.355 e. The molecule has 4 aliphatic rings. The molecule has 310 valence electrons. The van der Waals surface area contributed by atoms with Crippen molar-refractivity contribution in [2.45, 2.75) is 113 Å². The molecule has 1 aliphatic carbocycles. The van der Waals surface area contributed by atoms with E-state index in [2.05, 4.69) is 21.5 Å². The SMILES string of the molecule is CCCOC(=O)[C@H](C)NP(=O)(Oc1ccccc1)C(F)c1ccc2ccc(C(=O)N[C@H]3CCC[C@H]4CC[C@@H](C(=O)N5CC(c6cccnc6)CC56CC6)N4C3=O)cc2c1. The molecule has 4 fully saturated rings. The lowest BCUT2D eigenvalue weighted by atomic mass is 9.97. The second-order valence-corrected chi connectivity index (χ2v) is 18.6. The molecular formula is C45H51FN5O7P. The van der Waals surface area contributed by atoms with E-state index in [0.29, 0.717) is 36.6 Å². The molecule has 1 aromatic heterocycles. The minimum absolute atomic E-state index is 0.00742. The molecule has 4 aromatic rings. The summed E-state index contributed by atoms with van der Waals surface area (Å²) >= 11 is 0. The Balaban J connectivity index is 0.984. The number of nitrogens with one attached hydrogen (secondary N) is 2. The highest BCUT2D eigenvalue weighted by atomic mass is 31.2. The molecule has 2 N–H and O–H groups in total. The number of para-hydroxylation sites is 1. The van der Waals surface area contributed by atoms with Crippen LogP contribution in [0.15, 0.2) is 91.3 Å². The van der Waals surface area contributed by atoms with E-state index in [-0.39, 0.29) is 52.8 Å². The van der Waals surface area contributed by atoms with Gasteiger partial charge in [-0.3, -0.25) is 28.7 Å². The highest BCUT2D eigenvalue weighted by Crippen LogP contribution is 2.58. The number of nitrogens with zero attached hydrogens (tertiary/aromatic N) is 3. The summed E-state index contributed by atoms with van der Waals surface area (Å²) in [6.45, 7) is 4.06. The van der Waals surface area contributed by atoms with Crippen molar-refractivity contribution >= 4 is 42.0 Å². The van der Waals surface area contributed by atoms with Crippen molar-refractivity contribution in [2.75, 3.05) is 13.2 Å². The average molecular weight is 824 g/mol. The Morgan fingerprint density at radius 1 is 0.983 bits per heavy atom. The van der Waals surface area contributed by atoms with Gasteiger partial charge in [0.25, 0.3) is 5.91 Å². The van der Waals surface area contributed by atoms with Crippen molar-refractivity contribution in [3.8, 4) is 5.75 Å². The Labute approximate surface area is 343 Å². The van der Waals surface area contributed by atoms with Gasteiger partial charge in [-0.15, -0.1) is 0 Å². The number of rotatable bonds is 13. The standard InChI is InChI=1S/C45H51FN5O7P/c1-3-23-57-44(55)29(2)49-59(56,58-37-11-5-4-6-12-37)40(46)31-16-14-30-15-17-32(25-34(30)24-31)41(52)48-38-13-7-10-36-18-19-39(51(36)42(38)53)43(54)50-28-35(26-45(50)20-21-45)33-9-8-22-47-27-33/h4-6,8-9,11-12,14-17,22,24-25,27,29,35-36,38-40H,3,7,10,13,18-21,23,26,28H2,1-2H3,(H,48,52)(H,49,56)/t29-,35?,36-,38-,39-,40?,59?/m0/s1. The first-order chi connectivity index (χ1) is 28.5. The summed E-state index contributed by atoms with van der Waals surface area (Å²) in [5.74, 6) is -3.22. The van der Waals surface area contributed by atoms with E-state index in [1.807, 2.05) is 24.1 Å². The van der Waals surface area contributed by atoms with Crippen molar-refractivity contribution in [1.82, 2.24) is 25.2 Å². The minimum atomic E-state index is -4.46. The molecule has 4 heterocycles. The number of ether oxygens (including phenoxy) is 1. The molecule has 1 saturated carbocycles. The number of carbonyl (C=O) groups is 4. The highest BCUT2D eigenvalue weighted by molar-refractivity contribution is 7.57. The number of halogens is 1. The quantitative estimate of drug-likeness (QED) is 0.103. The lowest BCUT2D eigenvalue weighted by Gasteiger charge is -2.34. The topological polar surface area (TPSA) is 147 Å². The van der Waals surface area contributed by atoms with Crippen LogP contribution in [0.5, 0.6) is 5.75 Å². The van der Waals surface area contributed by atoms with Crippen LogP contribution >= 0.6 is 7.52 Å². The zero-order valence-electron chi connectivity index (χ0n) is 33.4. The maximum atomic E-state index is 16.6. The van der Waals surface area contributed by atoms with Crippen LogP contribution in [0.1, 0.15) is 105 Å². The van der Waals surface area contributed by atoms with Gasteiger partial charge in [-0.05, 0) is 123 Å². The van der Waals surface area contributed by atoms with Crippen LogP contribution in [-0.4, -0.2) is 81.3 Å². The van der Waals surface area contributed by atoms with E-state index >= 15 is 4.39 Å². The number of benzene rings is 3. The van der Waals surface area contributed by atoms with Crippen LogP contribution in [-0.2, 0) is 23.7 Å². The van der Waals surface area contributed by atoms with Gasteiger partial charge >= 0.3 is 13.5 Å². The molecule has 3 amide bonds. The molecule has 7 atom stereocenters. The van der Waals surface area contributed by atoms with Crippen molar-refractivity contribution in [2.24, 2.45) is 0 Å². The maximum absolute atomic E-state index is 16.6. The van der Waals surface area contributed by atoms with E-state index < -0.39 is 43.4 Å². The average Bonchev–Trinajstić information content (AvgIpc) is 3.79. The Morgan fingerprint density at radius 3 is 2.53 bits per heavy atom. The third-order valence-corrected chi connectivity index (χ3v) is 14.5. The Hall–Kier alpha value is -5.13. The van der Waals surface area contributed by atoms with E-state index in [0.717, 1.165) is 44.1 Å². The number of hydrogen-bond acceptors (Lipinski definition) is 8. The fraction of sp³-hybridized carbons (Fsp3) is 0.444. The number of esters is 1. The molecule has 3 unspecified atom stereocenters. The van der Waals surface area contributed by atoms with Gasteiger partial charge < -0.3 is 24.4 Å². The summed E-state index contributed by atoms with van der Waals surface area (Å²) in [7, 11) is -4.46. The Bertz CT molecular complexity index is 2260. The van der Waals surface area contributed by atoms with Gasteiger partial charge in [0.05, 0.1) is 6.61 Å². The van der Waals surface area contributed by atoms with Crippen LogP contribution in [0.3, 0.4) is 0 Å². The van der Waals surface area contributed by atoms with Crippen LogP contribution in [0.4, 0.5) is 4.39 Å². The number of alkyl halides is 1. The maximum Gasteiger partial charge on any atom is 0.355 e. The summed E-state index contributed by atoms with van der Waals surface area (Å²) < 4.78 is 41.9. The number of likely N-dealkylation sites (tertiary alicyclic amines) is 1. The zero-order valence-corrected chi connectivity index (χ0v) is 34.3. The zero-order chi connectivity index (χ0) is 41.3. The van der Waals surface area contributed by atoms with Crippen LogP contribution in [0.25, 0.3) is 10.8 Å². The van der Waals surface area contributed by atoms with Crippen molar-refractivity contribution in [3.63, 3.8) is 0 Å². The molecule has 12 nitrogen and oxygen atoms in total. The van der Waals surface area contributed by atoms with Gasteiger partial charge in [-0.1, -0.05) is 49.4 Å². The predicted molar refractivity (Wildman–Crippen MR) is 220 cm³/mol. The minimum Gasteiger partial charge on any atom is -0.465 e. The van der Waals surface area contributed by atoms with E-state index in [4.69, 9.17) is 9.26 Å². The summed E-state index contributed by atoms with van der Waals surface area (Å²) in [6.07, 6.45) is 10.3. The van der Waals surface area contributed by atoms with Crippen LogP contribution < -0.4 is 14.9 Å². The largest absolute Gasteiger partial charge is 0.465 e. The molecule has 3 aliphatic heterocycles. The summed E-state index contributed by atoms with van der Waals surface area (Å²) in [4.78, 5) is 63.3. The number of carbonyl (C=O) groups excluding carboxylic acids is 4. The van der Waals surface area contributed by atoms with E-state index in [1.165, 1.54) is 19.1 Å². The number of amides is 3. The number of aromatic nitrogens is 1. The van der Waals surface area contributed by atoms with Crippen molar-refractivity contribution < 1.29 is 37.4 Å². The molecular weight excluding hydrogens is 772 g/mol. The van der Waals surface area contributed by atoms with Gasteiger partial charge in [0.1, 0.15) is 23.9 Å². The Kier molecular flexibility index (Phi) is 11.6. The molecule has 14 heteroatoms. The van der Waals surface area contributed by atoms with Gasteiger partial charge in [-0.2, -0.15) is 0 Å². The number of fused-ring (bicyclic) bond motifs is 2. The predicted octanol–water partition coefficient (Wildman–Crippen LogP) is 7.60. The molecule has 3 saturated heterocycles. The summed E-state index contributed by atoms with van der Waals surface area (Å²) in [5.41, 5.74) is 1.25. The Morgan fingerprint density at radius 2 is 1.78 bits per heavy atom. The first-order valence-corrected chi connectivity index (χ1v) is 22.5. The monoisotopic (exact) mass is 823 g/mol. The highest BCUT2D eigenvalue weighted by Gasteiger charge is 2.58. The fourth-order valence-electron chi connectivity index (χ4n) is 9.17. The summed E-state index contributed by atoms with van der Waals surface area (Å²) in [5, 5.41) is 6.77. The molecule has 0 radical (unpaired) electrons. The second-order valence-electron chi connectivity index (χ2n) is 16.5. The van der Waals surface area contributed by atoms with Gasteiger partial charge in [0, 0.05) is 42.0 Å². The first kappa shape index (κ1) is 40.6. The molecule has 1 spiro atoms. The van der Waals surface area contributed by atoms with Crippen molar-refractivity contribution in [3.05, 3.63) is 108 Å². The van der Waals surface area contributed by atoms with Crippen molar-refractivity contribution in [1.29, 1.82) is 0 Å². The summed E-state index contributed by atoms with van der Waals surface area (Å²) in [6, 6.07) is 19.2. The fourth-order valence-corrected chi connectivity index (χ4v) is 11.1. The first-order valence-electron chi connectivity index (χ1n) is 20.8. The second kappa shape index (κ2) is 16.9. The third-order valence-electron chi connectivity index (χ3n) is 12.4. The van der Waals surface area contributed by atoms with Gasteiger partial charge in [0.15, 0.2) is 0 Å². The molecule has 59 heavy (non-hydrogen) atoms. The van der Waals surface area contributed by atoms with Crippen LogP contribution in [0.2, 0.25) is 0 Å². The lowest BCUT2D eigenvalue weighted by Crippen LogP contribution is -2.56. The molecule has 0 bridgehead atoms. The third kappa shape index (κ3) is 8.37. The molecule has 3 aromatic carbocycles. The number of hydrogen-bond donors (Lipinski definition) is 2. The van der Waals surface area contributed by atoms with E-state index in [1.54, 1.807) is 65.7 Å². The van der Waals surface area contributed by atoms with E-state index in [9.17, 15) is 23.7 Å².